The van der Waals surface area contributed by atoms with E-state index in [1.54, 1.807) is 25.0 Å². The van der Waals surface area contributed by atoms with Crippen molar-refractivity contribution in [1.29, 1.82) is 0 Å². The van der Waals surface area contributed by atoms with E-state index in [-0.39, 0.29) is 13.5 Å². The summed E-state index contributed by atoms with van der Waals surface area (Å²) in [6.45, 7) is 1.90. The second kappa shape index (κ2) is 8.69. The minimum absolute atomic E-state index is 0. The highest BCUT2D eigenvalue weighted by atomic mass is 35.5. The lowest BCUT2D eigenvalue weighted by Crippen LogP contribution is -2.37. The predicted octanol–water partition coefficient (Wildman–Crippen LogP) is 3.81. The number of aromatic nitrogens is 4. The Balaban J connectivity index is 0.00000210. The molecular formula is C20H25ClN4O2. The van der Waals surface area contributed by atoms with Crippen LogP contribution >= 0.6 is 11.6 Å². The Bertz CT molecular complexity index is 805. The lowest BCUT2D eigenvalue weighted by Gasteiger charge is -2.28. The van der Waals surface area contributed by atoms with E-state index in [2.05, 4.69) is 9.97 Å². The van der Waals surface area contributed by atoms with Gasteiger partial charge in [-0.1, -0.05) is 31.2 Å². The Kier molecular flexibility index (Phi) is 6.31. The van der Waals surface area contributed by atoms with Crippen molar-refractivity contribution >= 4 is 11.6 Å². The summed E-state index contributed by atoms with van der Waals surface area (Å²) in [4.78, 5) is 8.22. The van der Waals surface area contributed by atoms with Crippen LogP contribution in [0.25, 0.3) is 0 Å². The van der Waals surface area contributed by atoms with Gasteiger partial charge in [0.05, 0.1) is 32.4 Å². The first kappa shape index (κ1) is 19.6. The molecule has 2 aromatic heterocycles. The van der Waals surface area contributed by atoms with Crippen molar-refractivity contribution in [2.24, 2.45) is 0 Å². The maximum Gasteiger partial charge on any atom is 0.187 e. The molecule has 3 aromatic rings. The quantitative estimate of drug-likeness (QED) is 0.617. The number of imidazole rings is 2. The molecule has 4 rings (SSSR count). The Morgan fingerprint density at radius 1 is 1.07 bits per heavy atom. The number of benzene rings is 1. The fourth-order valence-corrected chi connectivity index (χ4v) is 3.40. The van der Waals surface area contributed by atoms with Gasteiger partial charge >= 0.3 is 0 Å². The molecule has 144 valence electrons. The van der Waals surface area contributed by atoms with Gasteiger partial charge in [0.1, 0.15) is 6.10 Å². The highest BCUT2D eigenvalue weighted by Gasteiger charge is 2.41. The van der Waals surface area contributed by atoms with E-state index in [0.717, 1.165) is 24.4 Å². The standard InChI is InChI=1S/C19H21ClN4O2.CH4/c20-17-3-1-16(2-4-17)5-6-19(13-24-10-8-22-15-24)25-12-18(26-19)11-23-9-7-21-14-23;/h1-4,7-10,14-15,18H,5-6,11-13H2;1H4/t18-,19-;/m1./s1. The summed E-state index contributed by atoms with van der Waals surface area (Å²) < 4.78 is 16.6. The first-order chi connectivity index (χ1) is 12.7. The Labute approximate surface area is 164 Å². The second-order valence-corrected chi connectivity index (χ2v) is 7.02. The molecule has 3 heterocycles. The minimum Gasteiger partial charge on any atom is -0.345 e. The van der Waals surface area contributed by atoms with Crippen molar-refractivity contribution in [3.8, 4) is 0 Å². The first-order valence-corrected chi connectivity index (χ1v) is 9.06. The molecule has 0 bridgehead atoms. The van der Waals surface area contributed by atoms with E-state index in [0.29, 0.717) is 13.2 Å². The zero-order valence-electron chi connectivity index (χ0n) is 14.4. The highest BCUT2D eigenvalue weighted by Crippen LogP contribution is 2.31. The van der Waals surface area contributed by atoms with Crippen LogP contribution in [0.4, 0.5) is 0 Å². The number of halogens is 1. The van der Waals surface area contributed by atoms with Crippen molar-refractivity contribution in [3.63, 3.8) is 0 Å². The van der Waals surface area contributed by atoms with Crippen LogP contribution < -0.4 is 0 Å². The molecule has 1 aliphatic rings. The monoisotopic (exact) mass is 388 g/mol. The maximum atomic E-state index is 6.40. The third kappa shape index (κ3) is 4.97. The van der Waals surface area contributed by atoms with Gasteiger partial charge in [-0.25, -0.2) is 9.97 Å². The SMILES string of the molecule is C.Clc1ccc(CC[C@@]2(Cn3ccnc3)OC[C@@H](Cn3ccnc3)O2)cc1. The van der Waals surface area contributed by atoms with Gasteiger partial charge < -0.3 is 18.6 Å². The van der Waals surface area contributed by atoms with Gasteiger partial charge in [-0.3, -0.25) is 0 Å². The topological polar surface area (TPSA) is 54.1 Å². The maximum absolute atomic E-state index is 6.40. The number of nitrogens with zero attached hydrogens (tertiary/aromatic N) is 4. The van der Waals surface area contributed by atoms with E-state index in [9.17, 15) is 0 Å². The molecule has 2 atom stereocenters. The Hall–Kier alpha value is -2.15. The second-order valence-electron chi connectivity index (χ2n) is 6.58. The third-order valence-corrected chi connectivity index (χ3v) is 4.83. The van der Waals surface area contributed by atoms with Crippen molar-refractivity contribution in [2.45, 2.75) is 45.2 Å². The zero-order chi connectivity index (χ0) is 17.8. The summed E-state index contributed by atoms with van der Waals surface area (Å²) in [5.74, 6) is -0.661. The minimum atomic E-state index is -0.661. The lowest BCUT2D eigenvalue weighted by molar-refractivity contribution is -0.183. The first-order valence-electron chi connectivity index (χ1n) is 8.68. The van der Waals surface area contributed by atoms with Gasteiger partial charge in [-0.15, -0.1) is 0 Å². The fourth-order valence-electron chi connectivity index (χ4n) is 3.27. The Morgan fingerprint density at radius 3 is 2.44 bits per heavy atom. The average molecular weight is 389 g/mol. The van der Waals surface area contributed by atoms with Crippen molar-refractivity contribution in [2.75, 3.05) is 6.61 Å². The lowest BCUT2D eigenvalue weighted by atomic mass is 10.0. The molecule has 1 aliphatic heterocycles. The van der Waals surface area contributed by atoms with E-state index in [4.69, 9.17) is 21.1 Å². The van der Waals surface area contributed by atoms with Gasteiger partial charge in [0.2, 0.25) is 0 Å². The molecule has 1 fully saturated rings. The summed E-state index contributed by atoms with van der Waals surface area (Å²) in [5.41, 5.74) is 1.21. The van der Waals surface area contributed by atoms with Crippen LogP contribution in [-0.4, -0.2) is 37.6 Å². The van der Waals surface area contributed by atoms with Crippen LogP contribution in [0.3, 0.4) is 0 Å². The summed E-state index contributed by atoms with van der Waals surface area (Å²) in [6.07, 6.45) is 12.6. The molecule has 6 nitrogen and oxygen atoms in total. The van der Waals surface area contributed by atoms with Gasteiger partial charge in [-0.2, -0.15) is 0 Å². The van der Waals surface area contributed by atoms with E-state index < -0.39 is 5.79 Å². The molecule has 7 heteroatoms. The smallest absolute Gasteiger partial charge is 0.187 e. The van der Waals surface area contributed by atoms with Crippen molar-refractivity contribution in [3.05, 3.63) is 72.3 Å². The number of aryl methyl sites for hydroxylation is 1. The molecule has 0 saturated carbocycles. The van der Waals surface area contributed by atoms with Crippen molar-refractivity contribution < 1.29 is 9.47 Å². The van der Waals surface area contributed by atoms with Crippen LogP contribution in [0.5, 0.6) is 0 Å². The molecule has 27 heavy (non-hydrogen) atoms. The molecule has 0 amide bonds. The fraction of sp³-hybridized carbons (Fsp3) is 0.400. The number of hydrogen-bond acceptors (Lipinski definition) is 4. The normalized spacial score (nSPS) is 21.9. The predicted molar refractivity (Wildman–Crippen MR) is 105 cm³/mol. The van der Waals surface area contributed by atoms with Crippen molar-refractivity contribution in [1.82, 2.24) is 19.1 Å². The molecule has 1 saturated heterocycles. The highest BCUT2D eigenvalue weighted by molar-refractivity contribution is 6.30. The molecule has 0 spiro atoms. The van der Waals surface area contributed by atoms with Crippen LogP contribution in [-0.2, 0) is 29.0 Å². The van der Waals surface area contributed by atoms with Crippen LogP contribution in [0, 0.1) is 0 Å². The summed E-state index contributed by atoms with van der Waals surface area (Å²) in [5, 5.41) is 0.746. The van der Waals surface area contributed by atoms with E-state index in [1.807, 2.05) is 45.8 Å². The van der Waals surface area contributed by atoms with Gasteiger partial charge in [-0.05, 0) is 24.1 Å². The number of hydrogen-bond donors (Lipinski definition) is 0. The van der Waals surface area contributed by atoms with Gasteiger partial charge in [0.15, 0.2) is 5.79 Å². The number of ether oxygens (including phenoxy) is 2. The largest absolute Gasteiger partial charge is 0.345 e. The van der Waals surface area contributed by atoms with E-state index >= 15 is 0 Å². The Morgan fingerprint density at radius 2 is 1.78 bits per heavy atom. The molecule has 1 aromatic carbocycles. The summed E-state index contributed by atoms with van der Waals surface area (Å²) in [7, 11) is 0. The summed E-state index contributed by atoms with van der Waals surface area (Å²) in [6, 6.07) is 7.92. The molecular weight excluding hydrogens is 364 g/mol. The number of rotatable bonds is 7. The van der Waals surface area contributed by atoms with Crippen LogP contribution in [0.1, 0.15) is 19.4 Å². The van der Waals surface area contributed by atoms with Crippen LogP contribution in [0.15, 0.2) is 61.7 Å². The summed E-state index contributed by atoms with van der Waals surface area (Å²) >= 11 is 5.98. The molecule has 0 radical (unpaired) electrons. The van der Waals surface area contributed by atoms with Gasteiger partial charge in [0, 0.05) is 36.2 Å². The van der Waals surface area contributed by atoms with E-state index in [1.165, 1.54) is 5.56 Å². The molecule has 0 aliphatic carbocycles. The van der Waals surface area contributed by atoms with Gasteiger partial charge in [0.25, 0.3) is 0 Å². The zero-order valence-corrected chi connectivity index (χ0v) is 15.1. The average Bonchev–Trinajstić information content (AvgIpc) is 3.39. The third-order valence-electron chi connectivity index (χ3n) is 4.58. The molecule has 0 N–H and O–H groups in total. The molecule has 0 unspecified atom stereocenters. The van der Waals surface area contributed by atoms with Crippen LogP contribution in [0.2, 0.25) is 5.02 Å².